The maximum atomic E-state index is 14.3. The van der Waals surface area contributed by atoms with Gasteiger partial charge in [-0.2, -0.15) is 8.42 Å². The third kappa shape index (κ3) is 9.82. The fourth-order valence-corrected chi connectivity index (χ4v) is 8.37. The minimum absolute atomic E-state index is 0.137. The van der Waals surface area contributed by atoms with E-state index in [1.165, 1.54) is 21.9 Å². The van der Waals surface area contributed by atoms with Gasteiger partial charge in [0.05, 0.1) is 25.6 Å². The Morgan fingerprint density at radius 1 is 0.542 bits per heavy atom. The number of benzene rings is 5. The molecule has 6 rings (SSSR count). The molecule has 0 aromatic heterocycles. The number of fused-ring (bicyclic) bond motifs is 1. The molecule has 5 aromatic carbocycles. The van der Waals surface area contributed by atoms with Crippen LogP contribution in [0.25, 0.3) is 0 Å². The largest absolute Gasteiger partial charge is 0.497 e. The van der Waals surface area contributed by atoms with Crippen LogP contribution in [0.2, 0.25) is 0 Å². The predicted molar refractivity (Wildman–Crippen MR) is 227 cm³/mol. The summed E-state index contributed by atoms with van der Waals surface area (Å²) in [5.74, 6) is -1.09. The third-order valence-corrected chi connectivity index (χ3v) is 11.7. The molecule has 5 aromatic rings. The van der Waals surface area contributed by atoms with Crippen LogP contribution < -0.4 is 38.5 Å². The molecule has 2 atom stereocenters. The van der Waals surface area contributed by atoms with E-state index in [0.29, 0.717) is 22.9 Å². The fraction of sp³-hybridized carbons (Fsp3) is 0.227. The molecule has 0 saturated heterocycles. The molecular weight excluding hydrogens is 773 g/mol. The van der Waals surface area contributed by atoms with Crippen molar-refractivity contribution in [2.75, 3.05) is 59.8 Å². The minimum atomic E-state index is -4.51. The summed E-state index contributed by atoms with van der Waals surface area (Å²) in [6, 6.07) is 36.2. The van der Waals surface area contributed by atoms with Gasteiger partial charge >= 0.3 is 10.2 Å². The molecule has 1 heterocycles. The van der Waals surface area contributed by atoms with E-state index in [2.05, 4.69) is 10.6 Å². The quantitative estimate of drug-likeness (QED) is 0.149. The molecular formula is C44H46N6O8S. The van der Waals surface area contributed by atoms with Crippen LogP contribution >= 0.6 is 0 Å². The summed E-state index contributed by atoms with van der Waals surface area (Å²) in [4.78, 5) is 58.4. The first-order valence-corrected chi connectivity index (χ1v) is 20.2. The van der Waals surface area contributed by atoms with Gasteiger partial charge in [0, 0.05) is 38.3 Å². The molecule has 1 aliphatic heterocycles. The van der Waals surface area contributed by atoms with Crippen molar-refractivity contribution in [2.24, 2.45) is 0 Å². The molecule has 15 heteroatoms. The van der Waals surface area contributed by atoms with E-state index in [-0.39, 0.29) is 24.2 Å². The standard InChI is InChI=1S/C44H46N6O8S/c1-47(33-19-23-35(57-3)24-20-33)43(53)37(27-31-13-7-5-8-14-31)45-41(51)29-49-39-17-11-12-18-40(39)50(59(49,55)56)30-42(52)46-38(28-32-15-9-6-10-16-32)44(54)48(2)34-21-25-36(58-4)26-22-34/h5-26,37-38H,27-30H2,1-4H3,(H,45,51)(H,46,52)/t37-,38-/m0/s1. The Labute approximate surface area is 344 Å². The fourth-order valence-electron chi connectivity index (χ4n) is 6.76. The second kappa shape index (κ2) is 18.6. The lowest BCUT2D eigenvalue weighted by molar-refractivity contribution is -0.126. The number of hydrogen-bond acceptors (Lipinski definition) is 8. The van der Waals surface area contributed by atoms with Crippen LogP contribution in [-0.4, -0.2) is 85.5 Å². The maximum Gasteiger partial charge on any atom is 0.327 e. The number of rotatable bonds is 16. The predicted octanol–water partition coefficient (Wildman–Crippen LogP) is 4.36. The van der Waals surface area contributed by atoms with E-state index in [1.54, 1.807) is 89.0 Å². The third-order valence-electron chi connectivity index (χ3n) is 9.96. The van der Waals surface area contributed by atoms with Gasteiger partial charge in [0.15, 0.2) is 0 Å². The van der Waals surface area contributed by atoms with Crippen molar-refractivity contribution in [3.8, 4) is 11.5 Å². The number of anilines is 4. The highest BCUT2D eigenvalue weighted by Crippen LogP contribution is 2.40. The van der Waals surface area contributed by atoms with E-state index < -0.39 is 59.0 Å². The van der Waals surface area contributed by atoms with Crippen LogP contribution in [0, 0.1) is 0 Å². The van der Waals surface area contributed by atoms with Crippen molar-refractivity contribution in [3.63, 3.8) is 0 Å². The molecule has 1 aliphatic rings. The average molecular weight is 819 g/mol. The summed E-state index contributed by atoms with van der Waals surface area (Å²) < 4.78 is 40.8. The molecule has 0 aliphatic carbocycles. The second-order valence-corrected chi connectivity index (χ2v) is 15.6. The van der Waals surface area contributed by atoms with E-state index in [0.717, 1.165) is 19.7 Å². The number of amides is 4. The Kier molecular flexibility index (Phi) is 13.2. The van der Waals surface area contributed by atoms with Gasteiger partial charge < -0.3 is 29.9 Å². The Morgan fingerprint density at radius 3 is 1.22 bits per heavy atom. The Bertz CT molecular complexity index is 2200. The van der Waals surface area contributed by atoms with Crippen LogP contribution in [0.5, 0.6) is 11.5 Å². The van der Waals surface area contributed by atoms with E-state index >= 15 is 0 Å². The number of carbonyl (C=O) groups is 4. The summed E-state index contributed by atoms with van der Waals surface area (Å²) in [7, 11) is 1.75. The van der Waals surface area contributed by atoms with Crippen LogP contribution in [-0.2, 0) is 42.2 Å². The first-order chi connectivity index (χ1) is 28.4. The number of nitrogens with one attached hydrogen (secondary N) is 2. The van der Waals surface area contributed by atoms with Crippen molar-refractivity contribution in [3.05, 3.63) is 145 Å². The Hall–Kier alpha value is -6.87. The van der Waals surface area contributed by atoms with Gasteiger partial charge in [0.2, 0.25) is 23.6 Å². The summed E-state index contributed by atoms with van der Waals surface area (Å²) in [5, 5.41) is 5.55. The number of likely N-dealkylation sites (N-methyl/N-ethyl adjacent to an activating group) is 2. The van der Waals surface area contributed by atoms with Gasteiger partial charge in [-0.05, 0) is 71.8 Å². The zero-order chi connectivity index (χ0) is 42.1. The lowest BCUT2D eigenvalue weighted by Gasteiger charge is -2.27. The topological polar surface area (TPSA) is 158 Å². The average Bonchev–Trinajstić information content (AvgIpc) is 3.46. The van der Waals surface area contributed by atoms with Crippen LogP contribution in [0.1, 0.15) is 11.1 Å². The smallest absolute Gasteiger partial charge is 0.327 e. The zero-order valence-corrected chi connectivity index (χ0v) is 34.0. The molecule has 14 nitrogen and oxygen atoms in total. The van der Waals surface area contributed by atoms with E-state index in [1.807, 2.05) is 60.7 Å². The van der Waals surface area contributed by atoms with Crippen LogP contribution in [0.3, 0.4) is 0 Å². The molecule has 306 valence electrons. The highest BCUT2D eigenvalue weighted by Gasteiger charge is 2.43. The van der Waals surface area contributed by atoms with Gasteiger partial charge in [-0.15, -0.1) is 0 Å². The molecule has 59 heavy (non-hydrogen) atoms. The number of para-hydroxylation sites is 2. The summed E-state index contributed by atoms with van der Waals surface area (Å²) in [5.41, 5.74) is 3.04. The number of carbonyl (C=O) groups excluding carboxylic acids is 4. The van der Waals surface area contributed by atoms with E-state index in [4.69, 9.17) is 9.47 Å². The molecule has 2 N–H and O–H groups in total. The number of ether oxygens (including phenoxy) is 2. The monoisotopic (exact) mass is 818 g/mol. The van der Waals surface area contributed by atoms with E-state index in [9.17, 15) is 27.6 Å². The van der Waals surface area contributed by atoms with Crippen molar-refractivity contribution >= 4 is 56.6 Å². The Morgan fingerprint density at radius 2 is 0.881 bits per heavy atom. The highest BCUT2D eigenvalue weighted by atomic mass is 32.2. The number of methoxy groups -OCH3 is 2. The zero-order valence-electron chi connectivity index (χ0n) is 33.1. The molecule has 4 amide bonds. The van der Waals surface area contributed by atoms with Crippen molar-refractivity contribution < 1.29 is 37.1 Å². The van der Waals surface area contributed by atoms with Crippen molar-refractivity contribution in [1.29, 1.82) is 0 Å². The van der Waals surface area contributed by atoms with Crippen LogP contribution in [0.4, 0.5) is 22.7 Å². The second-order valence-electron chi connectivity index (χ2n) is 13.8. The molecule has 0 bridgehead atoms. The molecule has 0 unspecified atom stereocenters. The van der Waals surface area contributed by atoms with Gasteiger partial charge in [-0.3, -0.25) is 19.2 Å². The normalized spacial score (nSPS) is 13.7. The number of nitrogens with zero attached hydrogens (tertiary/aromatic N) is 4. The van der Waals surface area contributed by atoms with Gasteiger partial charge in [0.1, 0.15) is 36.7 Å². The Balaban J connectivity index is 1.20. The minimum Gasteiger partial charge on any atom is -0.497 e. The van der Waals surface area contributed by atoms with Gasteiger partial charge in [-0.25, -0.2) is 8.61 Å². The van der Waals surface area contributed by atoms with Gasteiger partial charge in [0.25, 0.3) is 0 Å². The summed E-state index contributed by atoms with van der Waals surface area (Å²) >= 11 is 0. The maximum absolute atomic E-state index is 14.3. The lowest BCUT2D eigenvalue weighted by atomic mass is 10.0. The molecule has 0 fully saturated rings. The van der Waals surface area contributed by atoms with Crippen molar-refractivity contribution in [2.45, 2.75) is 24.9 Å². The molecule has 0 radical (unpaired) electrons. The SMILES string of the molecule is COc1ccc(N(C)C(=O)[C@H](Cc2ccccc2)NC(=O)CN2c3ccccc3N(CC(=O)N[C@@H](Cc3ccccc3)C(=O)N(C)c3ccc(OC)cc3)S2(=O)=O)cc1. The first-order valence-electron chi connectivity index (χ1n) is 18.8. The summed E-state index contributed by atoms with van der Waals surface area (Å²) in [6.07, 6.45) is 0.274. The molecule has 0 saturated carbocycles. The molecule has 0 spiro atoms. The van der Waals surface area contributed by atoms with Gasteiger partial charge in [-0.1, -0.05) is 72.8 Å². The highest BCUT2D eigenvalue weighted by molar-refractivity contribution is 7.94. The van der Waals surface area contributed by atoms with Crippen LogP contribution in [0.15, 0.2) is 133 Å². The first kappa shape index (κ1) is 41.8. The summed E-state index contributed by atoms with van der Waals surface area (Å²) in [6.45, 7) is -1.35. The van der Waals surface area contributed by atoms with Crippen molar-refractivity contribution in [1.82, 2.24) is 10.6 Å². The lowest BCUT2D eigenvalue weighted by Crippen LogP contribution is -2.53. The number of hydrogen-bond donors (Lipinski definition) is 2.